The minimum absolute atomic E-state index is 0.746. The summed E-state index contributed by atoms with van der Waals surface area (Å²) in [7, 11) is 0. The summed E-state index contributed by atoms with van der Waals surface area (Å²) in [5, 5.41) is 1.90. The number of benzene rings is 2. The molecule has 2 nitrogen and oxygen atoms in total. The molecule has 4 aromatic rings. The third kappa shape index (κ3) is 2.18. The van der Waals surface area contributed by atoms with Gasteiger partial charge in [-0.1, -0.05) is 41.9 Å². The summed E-state index contributed by atoms with van der Waals surface area (Å²) in [5.74, 6) is 0. The van der Waals surface area contributed by atoms with Crippen LogP contribution in [0.25, 0.3) is 33.2 Å². The Bertz CT molecular complexity index is 934. The molecule has 22 heavy (non-hydrogen) atoms. The summed E-state index contributed by atoms with van der Waals surface area (Å²) < 4.78 is 0. The van der Waals surface area contributed by atoms with Crippen LogP contribution >= 0.6 is 11.6 Å². The molecule has 0 aliphatic heterocycles. The van der Waals surface area contributed by atoms with Crippen LogP contribution in [-0.2, 0) is 0 Å². The Balaban J connectivity index is 1.94. The highest BCUT2D eigenvalue weighted by Gasteiger charge is 2.11. The molecule has 0 unspecified atom stereocenters. The molecule has 0 atom stereocenters. The number of para-hydroxylation sites is 1. The number of rotatable bonds is 2. The zero-order valence-electron chi connectivity index (χ0n) is 11.8. The fraction of sp³-hybridized carbons (Fsp3) is 0. The summed E-state index contributed by atoms with van der Waals surface area (Å²) in [4.78, 5) is 7.66. The van der Waals surface area contributed by atoms with Gasteiger partial charge in [-0.2, -0.15) is 0 Å². The van der Waals surface area contributed by atoms with E-state index in [9.17, 15) is 0 Å². The van der Waals surface area contributed by atoms with E-state index < -0.39 is 0 Å². The highest BCUT2D eigenvalue weighted by molar-refractivity contribution is 6.30. The number of hydrogen-bond acceptors (Lipinski definition) is 1. The first-order chi connectivity index (χ1) is 10.8. The third-order valence-corrected chi connectivity index (χ3v) is 4.09. The lowest BCUT2D eigenvalue weighted by Crippen LogP contribution is -1.85. The van der Waals surface area contributed by atoms with Gasteiger partial charge in [0, 0.05) is 40.1 Å². The zero-order valence-corrected chi connectivity index (χ0v) is 12.5. The van der Waals surface area contributed by atoms with E-state index in [-0.39, 0.29) is 0 Å². The molecule has 0 fully saturated rings. The van der Waals surface area contributed by atoms with Crippen molar-refractivity contribution in [2.75, 3.05) is 0 Å². The van der Waals surface area contributed by atoms with Gasteiger partial charge in [0.15, 0.2) is 0 Å². The molecule has 0 radical (unpaired) electrons. The first kappa shape index (κ1) is 13.1. The van der Waals surface area contributed by atoms with Gasteiger partial charge < -0.3 is 4.98 Å². The second kappa shape index (κ2) is 5.32. The van der Waals surface area contributed by atoms with Crippen LogP contribution in [0.2, 0.25) is 5.02 Å². The van der Waals surface area contributed by atoms with E-state index >= 15 is 0 Å². The Morgan fingerprint density at radius 3 is 2.41 bits per heavy atom. The van der Waals surface area contributed by atoms with Gasteiger partial charge in [0.1, 0.15) is 0 Å². The van der Waals surface area contributed by atoms with Crippen molar-refractivity contribution < 1.29 is 0 Å². The Kier molecular flexibility index (Phi) is 3.17. The molecular formula is C19H13ClN2. The van der Waals surface area contributed by atoms with Crippen LogP contribution in [0.4, 0.5) is 0 Å². The average Bonchev–Trinajstić information content (AvgIpc) is 3.04. The van der Waals surface area contributed by atoms with Gasteiger partial charge in [-0.05, 0) is 35.4 Å². The van der Waals surface area contributed by atoms with Crippen molar-refractivity contribution in [1.29, 1.82) is 0 Å². The lowest BCUT2D eigenvalue weighted by molar-refractivity contribution is 1.40. The van der Waals surface area contributed by atoms with Gasteiger partial charge in [-0.25, -0.2) is 0 Å². The fourth-order valence-corrected chi connectivity index (χ4v) is 2.91. The predicted octanol–water partition coefficient (Wildman–Crippen LogP) is 5.55. The van der Waals surface area contributed by atoms with E-state index in [0.29, 0.717) is 0 Å². The van der Waals surface area contributed by atoms with Crippen LogP contribution in [0.15, 0.2) is 73.2 Å². The second-order valence-electron chi connectivity index (χ2n) is 5.17. The quantitative estimate of drug-likeness (QED) is 0.516. The first-order valence-corrected chi connectivity index (χ1v) is 7.47. The largest absolute Gasteiger partial charge is 0.366 e. The molecule has 0 aliphatic rings. The highest BCUT2D eigenvalue weighted by Crippen LogP contribution is 2.35. The maximum atomic E-state index is 5.99. The number of halogens is 1. The Morgan fingerprint density at radius 1 is 0.773 bits per heavy atom. The van der Waals surface area contributed by atoms with Crippen molar-refractivity contribution >= 4 is 22.5 Å². The topological polar surface area (TPSA) is 28.7 Å². The van der Waals surface area contributed by atoms with Crippen LogP contribution < -0.4 is 0 Å². The van der Waals surface area contributed by atoms with Crippen LogP contribution in [0, 0.1) is 0 Å². The zero-order chi connectivity index (χ0) is 14.9. The lowest BCUT2D eigenvalue weighted by Gasteiger charge is -2.08. The summed E-state index contributed by atoms with van der Waals surface area (Å²) in [6.45, 7) is 0. The van der Waals surface area contributed by atoms with Gasteiger partial charge in [-0.3, -0.25) is 4.98 Å². The molecule has 0 spiro atoms. The van der Waals surface area contributed by atoms with E-state index in [4.69, 9.17) is 11.6 Å². The van der Waals surface area contributed by atoms with Gasteiger partial charge in [-0.15, -0.1) is 0 Å². The Morgan fingerprint density at radius 2 is 1.55 bits per heavy atom. The van der Waals surface area contributed by atoms with Crippen LogP contribution in [0.1, 0.15) is 0 Å². The molecule has 4 rings (SSSR count). The van der Waals surface area contributed by atoms with E-state index in [1.807, 2.05) is 61.1 Å². The summed E-state index contributed by atoms with van der Waals surface area (Å²) in [6.07, 6.45) is 5.91. The average molecular weight is 305 g/mol. The van der Waals surface area contributed by atoms with Crippen molar-refractivity contribution in [3.8, 4) is 22.3 Å². The van der Waals surface area contributed by atoms with Gasteiger partial charge >= 0.3 is 0 Å². The first-order valence-electron chi connectivity index (χ1n) is 7.10. The van der Waals surface area contributed by atoms with Gasteiger partial charge in [0.25, 0.3) is 0 Å². The van der Waals surface area contributed by atoms with Crippen molar-refractivity contribution in [2.45, 2.75) is 0 Å². The van der Waals surface area contributed by atoms with Gasteiger partial charge in [0.05, 0.1) is 5.52 Å². The molecule has 0 saturated heterocycles. The monoisotopic (exact) mass is 304 g/mol. The molecule has 3 heteroatoms. The maximum absolute atomic E-state index is 5.99. The Labute approximate surface area is 133 Å². The molecule has 2 aromatic carbocycles. The third-order valence-electron chi connectivity index (χ3n) is 3.84. The van der Waals surface area contributed by atoms with E-state index in [1.54, 1.807) is 0 Å². The molecular weight excluding hydrogens is 292 g/mol. The van der Waals surface area contributed by atoms with Crippen molar-refractivity contribution in [1.82, 2.24) is 9.97 Å². The summed E-state index contributed by atoms with van der Waals surface area (Å²) in [6, 6.07) is 18.2. The molecule has 0 amide bonds. The normalized spacial score (nSPS) is 11.0. The number of pyridine rings is 1. The minimum atomic E-state index is 0.746. The number of H-pyrrole nitrogens is 1. The number of aromatic nitrogens is 2. The van der Waals surface area contributed by atoms with E-state index in [2.05, 4.69) is 22.1 Å². The molecule has 0 aliphatic carbocycles. The number of nitrogens with one attached hydrogen (secondary N) is 1. The number of nitrogens with zero attached hydrogens (tertiary/aromatic N) is 1. The standard InChI is InChI=1S/C19H13ClN2/c20-14-7-5-13(6-8-14)17-11-21-12-18(17)15-9-10-22-19-4-2-1-3-16(15)19/h1-12,21H. The van der Waals surface area contributed by atoms with Gasteiger partial charge in [0.2, 0.25) is 0 Å². The smallest absolute Gasteiger partial charge is 0.0708 e. The molecule has 0 bridgehead atoms. The molecule has 1 N–H and O–H groups in total. The number of aromatic amines is 1. The summed E-state index contributed by atoms with van der Waals surface area (Å²) >= 11 is 5.99. The maximum Gasteiger partial charge on any atom is 0.0708 e. The summed E-state index contributed by atoms with van der Waals surface area (Å²) in [5.41, 5.74) is 5.65. The highest BCUT2D eigenvalue weighted by atomic mass is 35.5. The predicted molar refractivity (Wildman–Crippen MR) is 92.0 cm³/mol. The lowest BCUT2D eigenvalue weighted by atomic mass is 9.97. The van der Waals surface area contributed by atoms with E-state index in [0.717, 1.165) is 27.1 Å². The van der Waals surface area contributed by atoms with Crippen LogP contribution in [0.5, 0.6) is 0 Å². The van der Waals surface area contributed by atoms with Crippen molar-refractivity contribution in [2.24, 2.45) is 0 Å². The minimum Gasteiger partial charge on any atom is -0.366 e. The number of fused-ring (bicyclic) bond motifs is 1. The van der Waals surface area contributed by atoms with Crippen molar-refractivity contribution in [3.05, 3.63) is 78.2 Å². The van der Waals surface area contributed by atoms with Crippen molar-refractivity contribution in [3.63, 3.8) is 0 Å². The molecule has 2 heterocycles. The second-order valence-corrected chi connectivity index (χ2v) is 5.60. The van der Waals surface area contributed by atoms with Crippen LogP contribution in [0.3, 0.4) is 0 Å². The number of hydrogen-bond donors (Lipinski definition) is 1. The molecule has 0 saturated carbocycles. The SMILES string of the molecule is Clc1ccc(-c2c[nH]cc2-c2ccnc3ccccc23)cc1. The molecule has 106 valence electrons. The Hall–Kier alpha value is -2.58. The fourth-order valence-electron chi connectivity index (χ4n) is 2.79. The molecule has 2 aromatic heterocycles. The van der Waals surface area contributed by atoms with Crippen LogP contribution in [-0.4, -0.2) is 9.97 Å². The van der Waals surface area contributed by atoms with E-state index in [1.165, 1.54) is 11.1 Å².